The highest BCUT2D eigenvalue weighted by Crippen LogP contribution is 2.30. The number of thiophene rings is 1. The number of rotatable bonds is 1. The van der Waals surface area contributed by atoms with Crippen LogP contribution < -0.4 is 0 Å². The summed E-state index contributed by atoms with van der Waals surface area (Å²) in [5.41, 5.74) is -1.47. The van der Waals surface area contributed by atoms with Gasteiger partial charge in [0.1, 0.15) is 17.4 Å². The molecule has 1 fully saturated rings. The molecule has 0 aliphatic carbocycles. The molecule has 23 heavy (non-hydrogen) atoms. The van der Waals surface area contributed by atoms with E-state index >= 15 is 0 Å². The maximum absolute atomic E-state index is 12.5. The van der Waals surface area contributed by atoms with Crippen LogP contribution in [0.1, 0.15) is 39.5 Å². The number of ether oxygens (including phenoxy) is 2. The number of hydrogen-bond donors (Lipinski definition) is 1. The minimum atomic E-state index is -1.01. The fraction of sp³-hybridized carbons (Fsp3) is 0.588. The van der Waals surface area contributed by atoms with Crippen LogP contribution in [0.5, 0.6) is 0 Å². The number of aliphatic hydroxyl groups is 1. The van der Waals surface area contributed by atoms with Crippen LogP contribution in [-0.2, 0) is 9.47 Å². The predicted octanol–water partition coefficient (Wildman–Crippen LogP) is 2.83. The minimum Gasteiger partial charge on any atom is -0.444 e. The summed E-state index contributed by atoms with van der Waals surface area (Å²) >= 11 is 1.50. The van der Waals surface area contributed by atoms with E-state index < -0.39 is 29.6 Å². The molecular weight excluding hydrogens is 314 g/mol. The van der Waals surface area contributed by atoms with Crippen LogP contribution >= 0.6 is 11.3 Å². The first-order valence-electron chi connectivity index (χ1n) is 7.49. The van der Waals surface area contributed by atoms with Gasteiger partial charge in [0.15, 0.2) is 0 Å². The summed E-state index contributed by atoms with van der Waals surface area (Å²) in [4.78, 5) is 14.8. The van der Waals surface area contributed by atoms with Crippen molar-refractivity contribution in [3.63, 3.8) is 0 Å². The zero-order valence-electron chi connectivity index (χ0n) is 14.1. The van der Waals surface area contributed by atoms with Gasteiger partial charge in [-0.05, 0) is 46.1 Å². The van der Waals surface area contributed by atoms with Gasteiger partial charge in [-0.2, -0.15) is 0 Å². The van der Waals surface area contributed by atoms with E-state index in [9.17, 15) is 9.90 Å². The van der Waals surface area contributed by atoms with Crippen LogP contribution in [0.4, 0.5) is 4.79 Å². The molecule has 0 saturated carbocycles. The summed E-state index contributed by atoms with van der Waals surface area (Å²) in [6, 6.07) is 3.22. The molecule has 2 heterocycles. The molecule has 0 radical (unpaired) electrons. The topological polar surface area (TPSA) is 59.0 Å². The van der Waals surface area contributed by atoms with Crippen molar-refractivity contribution >= 4 is 17.4 Å². The van der Waals surface area contributed by atoms with Gasteiger partial charge in [-0.3, -0.25) is 4.90 Å². The second-order valence-electron chi connectivity index (χ2n) is 6.87. The van der Waals surface area contributed by atoms with Gasteiger partial charge in [-0.1, -0.05) is 17.9 Å². The minimum absolute atomic E-state index is 0.215. The molecule has 1 aliphatic heterocycles. The van der Waals surface area contributed by atoms with E-state index in [-0.39, 0.29) is 6.61 Å². The molecule has 0 aromatic carbocycles. The smallest absolute Gasteiger partial charge is 0.413 e. The largest absolute Gasteiger partial charge is 0.444 e. The van der Waals surface area contributed by atoms with Crippen molar-refractivity contribution < 1.29 is 19.4 Å². The lowest BCUT2D eigenvalue weighted by Gasteiger charge is -2.35. The molecule has 1 saturated heterocycles. The molecule has 2 atom stereocenters. The molecule has 1 N–H and O–H groups in total. The summed E-state index contributed by atoms with van der Waals surface area (Å²) in [5, 5.41) is 12.3. The standard InChI is InChI=1S/C17H23NO4S/c1-16(2,3)22-15(20)18-13(11-21-17(18,4)5)14(19)9-8-12-7-6-10-23-12/h6-7,10,13-14,19H,11H2,1-5H3/t13-,14+/m0/s1. The number of amides is 1. The number of nitrogens with zero attached hydrogens (tertiary/aromatic N) is 1. The van der Waals surface area contributed by atoms with Crippen LogP contribution in [-0.4, -0.2) is 46.2 Å². The van der Waals surface area contributed by atoms with Crippen molar-refractivity contribution in [3.8, 4) is 11.8 Å². The van der Waals surface area contributed by atoms with E-state index in [4.69, 9.17) is 9.47 Å². The maximum atomic E-state index is 12.5. The fourth-order valence-electron chi connectivity index (χ4n) is 2.32. The Hall–Kier alpha value is -1.55. The Morgan fingerprint density at radius 3 is 2.83 bits per heavy atom. The molecule has 1 aromatic rings. The highest BCUT2D eigenvalue weighted by Gasteiger charge is 2.48. The van der Waals surface area contributed by atoms with Crippen LogP contribution in [0, 0.1) is 11.8 Å². The van der Waals surface area contributed by atoms with E-state index in [1.165, 1.54) is 16.2 Å². The van der Waals surface area contributed by atoms with Crippen molar-refractivity contribution in [1.29, 1.82) is 0 Å². The Bertz CT molecular complexity index is 607. The Morgan fingerprint density at radius 1 is 1.57 bits per heavy atom. The van der Waals surface area contributed by atoms with Gasteiger partial charge in [-0.15, -0.1) is 11.3 Å². The summed E-state index contributed by atoms with van der Waals surface area (Å²) in [6.45, 7) is 9.17. The Balaban J connectivity index is 2.17. The van der Waals surface area contributed by atoms with Crippen molar-refractivity contribution in [2.75, 3.05) is 6.61 Å². The third kappa shape index (κ3) is 4.47. The fourth-order valence-corrected chi connectivity index (χ4v) is 2.90. The van der Waals surface area contributed by atoms with Crippen molar-refractivity contribution in [3.05, 3.63) is 22.4 Å². The SMILES string of the molecule is CC(C)(C)OC(=O)N1[C@H]([C@H](O)C#Cc2cccs2)COC1(C)C. The van der Waals surface area contributed by atoms with Gasteiger partial charge in [0.2, 0.25) is 0 Å². The second-order valence-corrected chi connectivity index (χ2v) is 7.81. The lowest BCUT2D eigenvalue weighted by atomic mass is 10.1. The van der Waals surface area contributed by atoms with E-state index in [1.807, 2.05) is 17.5 Å². The molecule has 6 heteroatoms. The highest BCUT2D eigenvalue weighted by atomic mass is 32.1. The average Bonchev–Trinajstić information content (AvgIpc) is 3.00. The maximum Gasteiger partial charge on any atom is 0.413 e. The van der Waals surface area contributed by atoms with Gasteiger partial charge < -0.3 is 14.6 Å². The van der Waals surface area contributed by atoms with Gasteiger partial charge in [0.25, 0.3) is 0 Å². The van der Waals surface area contributed by atoms with Crippen LogP contribution in [0.25, 0.3) is 0 Å². The van der Waals surface area contributed by atoms with Crippen LogP contribution in [0.2, 0.25) is 0 Å². The van der Waals surface area contributed by atoms with Gasteiger partial charge in [0, 0.05) is 0 Å². The van der Waals surface area contributed by atoms with Crippen LogP contribution in [0.15, 0.2) is 17.5 Å². The first-order valence-corrected chi connectivity index (χ1v) is 8.37. The van der Waals surface area contributed by atoms with E-state index in [1.54, 1.807) is 34.6 Å². The van der Waals surface area contributed by atoms with Gasteiger partial charge in [-0.25, -0.2) is 4.79 Å². The Morgan fingerprint density at radius 2 is 2.26 bits per heavy atom. The molecule has 0 spiro atoms. The quantitative estimate of drug-likeness (QED) is 0.801. The Labute approximate surface area is 141 Å². The zero-order chi connectivity index (χ0) is 17.3. The normalized spacial score (nSPS) is 21.5. The molecular formula is C17H23NO4S. The van der Waals surface area contributed by atoms with Crippen molar-refractivity contribution in [2.45, 2.75) is 58.1 Å². The number of carbonyl (C=O) groups is 1. The van der Waals surface area contributed by atoms with E-state index in [2.05, 4.69) is 11.8 Å². The van der Waals surface area contributed by atoms with Crippen molar-refractivity contribution in [2.24, 2.45) is 0 Å². The van der Waals surface area contributed by atoms with E-state index in [0.29, 0.717) is 0 Å². The summed E-state index contributed by atoms with van der Waals surface area (Å²) in [7, 11) is 0. The lowest BCUT2D eigenvalue weighted by Crippen LogP contribution is -2.53. The molecule has 126 valence electrons. The number of hydrogen-bond acceptors (Lipinski definition) is 5. The molecule has 0 unspecified atom stereocenters. The zero-order valence-corrected chi connectivity index (χ0v) is 14.9. The Kier molecular flexibility index (Phi) is 5.04. The van der Waals surface area contributed by atoms with Crippen molar-refractivity contribution in [1.82, 2.24) is 4.90 Å². The monoisotopic (exact) mass is 337 g/mol. The number of aliphatic hydroxyl groups excluding tert-OH is 1. The second kappa shape index (κ2) is 6.52. The summed E-state index contributed by atoms with van der Waals surface area (Å²) < 4.78 is 11.1. The third-order valence-corrected chi connectivity index (χ3v) is 4.12. The lowest BCUT2D eigenvalue weighted by molar-refractivity contribution is -0.0658. The third-order valence-electron chi connectivity index (χ3n) is 3.34. The van der Waals surface area contributed by atoms with E-state index in [0.717, 1.165) is 4.88 Å². The highest BCUT2D eigenvalue weighted by molar-refractivity contribution is 7.10. The van der Waals surface area contributed by atoms with Gasteiger partial charge >= 0.3 is 6.09 Å². The summed E-state index contributed by atoms with van der Waals surface area (Å²) in [5.74, 6) is 5.72. The van der Waals surface area contributed by atoms with Gasteiger partial charge in [0.05, 0.1) is 17.5 Å². The molecule has 1 aliphatic rings. The summed E-state index contributed by atoms with van der Waals surface area (Å²) in [6.07, 6.45) is -1.52. The molecule has 1 aromatic heterocycles. The predicted molar refractivity (Wildman–Crippen MR) is 89.1 cm³/mol. The molecule has 2 rings (SSSR count). The molecule has 0 bridgehead atoms. The first kappa shape index (κ1) is 17.8. The number of carbonyl (C=O) groups excluding carboxylic acids is 1. The van der Waals surface area contributed by atoms with Crippen LogP contribution in [0.3, 0.4) is 0 Å². The first-order chi connectivity index (χ1) is 10.6. The molecule has 5 nitrogen and oxygen atoms in total. The average molecular weight is 337 g/mol. The molecule has 1 amide bonds.